The summed E-state index contributed by atoms with van der Waals surface area (Å²) in [5.74, 6) is -0.604. The number of benzene rings is 1. The Bertz CT molecular complexity index is 955. The molecular weight excluding hydrogens is 417 g/mol. The SMILES string of the molecule is CCC1=C(C(=O)OC)[C@H](c2ccccc2F)N2C(CC(=O)NCCC(C)C)=CSC2=N1. The van der Waals surface area contributed by atoms with E-state index >= 15 is 0 Å². The average molecular weight is 446 g/mol. The fourth-order valence-corrected chi connectivity index (χ4v) is 4.57. The van der Waals surface area contributed by atoms with Crippen molar-refractivity contribution in [3.05, 3.63) is 58.0 Å². The van der Waals surface area contributed by atoms with E-state index < -0.39 is 17.8 Å². The van der Waals surface area contributed by atoms with Crippen LogP contribution in [0.25, 0.3) is 0 Å². The van der Waals surface area contributed by atoms with E-state index in [0.29, 0.717) is 46.6 Å². The lowest BCUT2D eigenvalue weighted by atomic mass is 9.92. The number of methoxy groups -OCH3 is 1. The van der Waals surface area contributed by atoms with Gasteiger partial charge in [-0.25, -0.2) is 14.2 Å². The maximum atomic E-state index is 14.9. The summed E-state index contributed by atoms with van der Waals surface area (Å²) >= 11 is 1.38. The van der Waals surface area contributed by atoms with Crippen molar-refractivity contribution in [2.75, 3.05) is 13.7 Å². The first-order valence-electron chi connectivity index (χ1n) is 10.4. The van der Waals surface area contributed by atoms with Crippen molar-refractivity contribution in [3.8, 4) is 0 Å². The Morgan fingerprint density at radius 3 is 2.71 bits per heavy atom. The largest absolute Gasteiger partial charge is 0.466 e. The Labute approximate surface area is 186 Å². The van der Waals surface area contributed by atoms with Gasteiger partial charge in [0.15, 0.2) is 5.17 Å². The zero-order valence-corrected chi connectivity index (χ0v) is 19.1. The molecular formula is C23H28FN3O3S. The number of fused-ring (bicyclic) bond motifs is 1. The Morgan fingerprint density at radius 2 is 2.06 bits per heavy atom. The van der Waals surface area contributed by atoms with Crippen LogP contribution in [0.1, 0.15) is 51.6 Å². The van der Waals surface area contributed by atoms with E-state index in [-0.39, 0.29) is 12.3 Å². The van der Waals surface area contributed by atoms with E-state index in [1.54, 1.807) is 23.1 Å². The third-order valence-corrected chi connectivity index (χ3v) is 6.10. The summed E-state index contributed by atoms with van der Waals surface area (Å²) in [4.78, 5) is 31.7. The van der Waals surface area contributed by atoms with Gasteiger partial charge in [0.2, 0.25) is 5.91 Å². The fraction of sp³-hybridized carbons (Fsp3) is 0.435. The van der Waals surface area contributed by atoms with Gasteiger partial charge in [-0.2, -0.15) is 0 Å². The molecule has 0 saturated heterocycles. The number of amides is 1. The number of allylic oxidation sites excluding steroid dienone is 1. The molecule has 1 atom stereocenters. The minimum Gasteiger partial charge on any atom is -0.466 e. The van der Waals surface area contributed by atoms with Gasteiger partial charge in [-0.05, 0) is 30.2 Å². The van der Waals surface area contributed by atoms with Gasteiger partial charge in [-0.3, -0.25) is 4.79 Å². The molecule has 0 bridgehead atoms. The molecule has 0 saturated carbocycles. The van der Waals surface area contributed by atoms with Crippen molar-refractivity contribution in [1.82, 2.24) is 10.2 Å². The van der Waals surface area contributed by atoms with Crippen LogP contribution in [0.4, 0.5) is 4.39 Å². The molecule has 0 radical (unpaired) electrons. The van der Waals surface area contributed by atoms with Crippen LogP contribution < -0.4 is 5.32 Å². The second-order valence-electron chi connectivity index (χ2n) is 7.83. The van der Waals surface area contributed by atoms with Crippen molar-refractivity contribution < 1.29 is 18.7 Å². The maximum Gasteiger partial charge on any atom is 0.338 e. The predicted octanol–water partition coefficient (Wildman–Crippen LogP) is 4.52. The Morgan fingerprint density at radius 1 is 1.32 bits per heavy atom. The molecule has 0 aromatic heterocycles. The normalized spacial score (nSPS) is 18.0. The van der Waals surface area contributed by atoms with E-state index in [9.17, 15) is 14.0 Å². The maximum absolute atomic E-state index is 14.9. The summed E-state index contributed by atoms with van der Waals surface area (Å²) in [5.41, 5.74) is 1.88. The highest BCUT2D eigenvalue weighted by atomic mass is 32.2. The number of hydrogen-bond acceptors (Lipinski definition) is 6. The number of carbonyl (C=O) groups is 2. The van der Waals surface area contributed by atoms with Crippen LogP contribution in [0, 0.1) is 11.7 Å². The van der Waals surface area contributed by atoms with Crippen molar-refractivity contribution in [1.29, 1.82) is 0 Å². The lowest BCUT2D eigenvalue weighted by Crippen LogP contribution is -2.38. The molecule has 1 N–H and O–H groups in total. The monoisotopic (exact) mass is 445 g/mol. The van der Waals surface area contributed by atoms with Crippen LogP contribution in [-0.4, -0.2) is 35.6 Å². The lowest BCUT2D eigenvalue weighted by Gasteiger charge is -2.36. The van der Waals surface area contributed by atoms with Crippen LogP contribution in [-0.2, 0) is 14.3 Å². The fourth-order valence-electron chi connectivity index (χ4n) is 3.63. The molecule has 0 unspecified atom stereocenters. The van der Waals surface area contributed by atoms with Crippen LogP contribution in [0.3, 0.4) is 0 Å². The number of nitrogens with one attached hydrogen (secondary N) is 1. The molecule has 31 heavy (non-hydrogen) atoms. The van der Waals surface area contributed by atoms with Crippen molar-refractivity contribution in [2.24, 2.45) is 10.9 Å². The van der Waals surface area contributed by atoms with Gasteiger partial charge >= 0.3 is 5.97 Å². The number of ether oxygens (including phenoxy) is 1. The van der Waals surface area contributed by atoms with E-state index in [4.69, 9.17) is 4.74 Å². The predicted molar refractivity (Wildman–Crippen MR) is 121 cm³/mol. The molecule has 2 aliphatic rings. The first kappa shape index (κ1) is 23.1. The summed E-state index contributed by atoms with van der Waals surface area (Å²) < 4.78 is 19.9. The summed E-state index contributed by atoms with van der Waals surface area (Å²) in [5, 5.41) is 5.41. The topological polar surface area (TPSA) is 71.0 Å². The molecule has 8 heteroatoms. The van der Waals surface area contributed by atoms with E-state index in [1.165, 1.54) is 24.9 Å². The smallest absolute Gasteiger partial charge is 0.338 e. The highest BCUT2D eigenvalue weighted by Crippen LogP contribution is 2.45. The Balaban J connectivity index is 1.97. The number of halogens is 1. The van der Waals surface area contributed by atoms with Crippen LogP contribution >= 0.6 is 11.8 Å². The van der Waals surface area contributed by atoms with Gasteiger partial charge in [-0.1, -0.05) is 50.7 Å². The second kappa shape index (κ2) is 10.1. The molecule has 2 heterocycles. The van der Waals surface area contributed by atoms with Crippen LogP contribution in [0.2, 0.25) is 0 Å². The first-order valence-corrected chi connectivity index (χ1v) is 11.3. The zero-order valence-electron chi connectivity index (χ0n) is 18.3. The van der Waals surface area contributed by atoms with Crippen LogP contribution in [0.15, 0.2) is 51.6 Å². The summed E-state index contributed by atoms with van der Waals surface area (Å²) in [6, 6.07) is 5.61. The van der Waals surface area contributed by atoms with Crippen molar-refractivity contribution >= 4 is 28.8 Å². The quantitative estimate of drug-likeness (QED) is 0.596. The van der Waals surface area contributed by atoms with Gasteiger partial charge in [0.1, 0.15) is 5.82 Å². The molecule has 2 aliphatic heterocycles. The average Bonchev–Trinajstić information content (AvgIpc) is 3.14. The van der Waals surface area contributed by atoms with E-state index in [2.05, 4.69) is 24.2 Å². The Hall–Kier alpha value is -2.61. The minimum atomic E-state index is -0.749. The molecule has 166 valence electrons. The van der Waals surface area contributed by atoms with Crippen LogP contribution in [0.5, 0.6) is 0 Å². The van der Waals surface area contributed by atoms with Gasteiger partial charge in [-0.15, -0.1) is 0 Å². The van der Waals surface area contributed by atoms with Crippen molar-refractivity contribution in [3.63, 3.8) is 0 Å². The van der Waals surface area contributed by atoms with E-state index in [1.807, 2.05) is 12.3 Å². The Kier molecular flexibility index (Phi) is 7.54. The highest BCUT2D eigenvalue weighted by Gasteiger charge is 2.42. The lowest BCUT2D eigenvalue weighted by molar-refractivity contribution is -0.136. The number of nitrogens with zero attached hydrogens (tertiary/aromatic N) is 2. The summed E-state index contributed by atoms with van der Waals surface area (Å²) in [6.07, 6.45) is 1.51. The third kappa shape index (κ3) is 5.01. The number of amidine groups is 1. The minimum absolute atomic E-state index is 0.116. The third-order valence-electron chi connectivity index (χ3n) is 5.21. The first-order chi connectivity index (χ1) is 14.9. The van der Waals surface area contributed by atoms with Gasteiger partial charge in [0.25, 0.3) is 0 Å². The number of thioether (sulfide) groups is 1. The standard InChI is InChI=1S/C23H28FN3O3S/c1-5-18-20(22(29)30-4)21(16-8-6-7-9-17(16)24)27-15(13-31-23(27)26-18)12-19(28)25-11-10-14(2)3/h6-9,13-14,21H,5,10-12H2,1-4H3,(H,25,28)/t21-/m0/s1. The molecule has 6 nitrogen and oxygen atoms in total. The summed E-state index contributed by atoms with van der Waals surface area (Å²) in [7, 11) is 1.30. The van der Waals surface area contributed by atoms with Crippen molar-refractivity contribution in [2.45, 2.75) is 46.1 Å². The number of rotatable bonds is 8. The number of carbonyl (C=O) groups excluding carboxylic acids is 2. The molecule has 1 amide bonds. The molecule has 0 aliphatic carbocycles. The molecule has 1 aromatic carbocycles. The zero-order chi connectivity index (χ0) is 22.5. The van der Waals surface area contributed by atoms with Gasteiger partial charge in [0, 0.05) is 17.8 Å². The summed E-state index contributed by atoms with van der Waals surface area (Å²) in [6.45, 7) is 6.70. The molecule has 0 fully saturated rings. The van der Waals surface area contributed by atoms with E-state index in [0.717, 1.165) is 6.42 Å². The highest BCUT2D eigenvalue weighted by molar-refractivity contribution is 8.16. The molecule has 3 rings (SSSR count). The number of hydrogen-bond donors (Lipinski definition) is 1. The number of aliphatic imine (C=N–C) groups is 1. The number of esters is 1. The van der Waals surface area contributed by atoms with Gasteiger partial charge < -0.3 is 15.0 Å². The second-order valence-corrected chi connectivity index (χ2v) is 8.67. The molecule has 1 aromatic rings. The van der Waals surface area contributed by atoms with Gasteiger partial charge in [0.05, 0.1) is 30.8 Å². The molecule has 0 spiro atoms.